The molecule has 2 aromatic heterocycles. The molecule has 0 aliphatic rings. The number of nitrogens with zero attached hydrogens (tertiary/aromatic N) is 3. The third-order valence-corrected chi connectivity index (χ3v) is 4.02. The van der Waals surface area contributed by atoms with Gasteiger partial charge in [-0.05, 0) is 38.1 Å². The monoisotopic (exact) mass is 371 g/mol. The van der Waals surface area contributed by atoms with Gasteiger partial charge in [-0.1, -0.05) is 12.1 Å². The quantitative estimate of drug-likeness (QED) is 0.488. The molecule has 8 nitrogen and oxygen atoms in total. The van der Waals surface area contributed by atoms with Gasteiger partial charge in [0.25, 0.3) is 0 Å². The lowest BCUT2D eigenvalue weighted by atomic mass is 10.1. The number of benzene rings is 1. The Kier molecular flexibility index (Phi) is 5.13. The van der Waals surface area contributed by atoms with Crippen LogP contribution in [0, 0.1) is 0 Å². The SMILES string of the molecule is CC(C)n1nccc1-c1ncccc1COc1cccc(O)c1C(O)(O)O. The third kappa shape index (κ3) is 3.92. The fourth-order valence-corrected chi connectivity index (χ4v) is 2.83. The molecule has 0 saturated carbocycles. The van der Waals surface area contributed by atoms with Crippen LogP contribution in [-0.2, 0) is 12.6 Å². The molecule has 0 radical (unpaired) electrons. The van der Waals surface area contributed by atoms with Crippen molar-refractivity contribution in [3.05, 3.63) is 59.9 Å². The Morgan fingerprint density at radius 1 is 1.07 bits per heavy atom. The van der Waals surface area contributed by atoms with Gasteiger partial charge in [0.1, 0.15) is 23.7 Å². The molecule has 0 saturated heterocycles. The summed E-state index contributed by atoms with van der Waals surface area (Å²) in [4.78, 5) is 4.43. The highest BCUT2D eigenvalue weighted by Crippen LogP contribution is 2.35. The number of aromatic nitrogens is 3. The Hall–Kier alpha value is -2.94. The van der Waals surface area contributed by atoms with Crippen LogP contribution in [-0.4, -0.2) is 35.2 Å². The van der Waals surface area contributed by atoms with Crippen molar-refractivity contribution in [2.75, 3.05) is 0 Å². The average molecular weight is 371 g/mol. The maximum atomic E-state index is 9.84. The first-order chi connectivity index (χ1) is 12.8. The van der Waals surface area contributed by atoms with E-state index in [1.807, 2.05) is 30.7 Å². The second-order valence-corrected chi connectivity index (χ2v) is 6.34. The number of ether oxygens (including phenoxy) is 1. The molecule has 0 fully saturated rings. The summed E-state index contributed by atoms with van der Waals surface area (Å²) in [6.07, 6.45) is 3.36. The number of rotatable bonds is 6. The van der Waals surface area contributed by atoms with Gasteiger partial charge in [0.15, 0.2) is 0 Å². The second kappa shape index (κ2) is 7.36. The van der Waals surface area contributed by atoms with Gasteiger partial charge in [0, 0.05) is 24.0 Å². The van der Waals surface area contributed by atoms with Gasteiger partial charge in [0.05, 0.1) is 11.4 Å². The van der Waals surface area contributed by atoms with Crippen LogP contribution in [0.5, 0.6) is 11.5 Å². The van der Waals surface area contributed by atoms with Gasteiger partial charge in [-0.2, -0.15) is 5.10 Å². The van der Waals surface area contributed by atoms with Gasteiger partial charge in [-0.15, -0.1) is 0 Å². The van der Waals surface area contributed by atoms with Crippen molar-refractivity contribution in [2.24, 2.45) is 0 Å². The number of aromatic hydroxyl groups is 1. The maximum absolute atomic E-state index is 9.84. The van der Waals surface area contributed by atoms with E-state index in [1.165, 1.54) is 18.2 Å². The second-order valence-electron chi connectivity index (χ2n) is 6.34. The van der Waals surface area contributed by atoms with Crippen molar-refractivity contribution in [3.8, 4) is 22.9 Å². The first-order valence-electron chi connectivity index (χ1n) is 8.39. The largest absolute Gasteiger partial charge is 0.507 e. The molecule has 0 amide bonds. The number of phenolic OH excluding ortho intramolecular Hbond substituents is 1. The summed E-state index contributed by atoms with van der Waals surface area (Å²) in [5.41, 5.74) is 1.70. The summed E-state index contributed by atoms with van der Waals surface area (Å²) in [6.45, 7) is 4.05. The Morgan fingerprint density at radius 2 is 1.85 bits per heavy atom. The zero-order chi connectivity index (χ0) is 19.6. The van der Waals surface area contributed by atoms with Crippen LogP contribution in [0.15, 0.2) is 48.8 Å². The smallest absolute Gasteiger partial charge is 0.311 e. The number of pyridine rings is 1. The molecular weight excluding hydrogens is 350 g/mol. The van der Waals surface area contributed by atoms with Crippen molar-refractivity contribution < 1.29 is 25.2 Å². The first-order valence-corrected chi connectivity index (χ1v) is 8.39. The van der Waals surface area contributed by atoms with E-state index in [0.29, 0.717) is 5.69 Å². The summed E-state index contributed by atoms with van der Waals surface area (Å²) in [5.74, 6) is -3.78. The number of hydrogen-bond donors (Lipinski definition) is 4. The van der Waals surface area contributed by atoms with E-state index in [0.717, 1.165) is 11.3 Å². The molecule has 3 aromatic rings. The zero-order valence-corrected chi connectivity index (χ0v) is 14.9. The molecule has 1 aromatic carbocycles. The molecule has 3 rings (SSSR count). The highest BCUT2D eigenvalue weighted by atomic mass is 16.7. The highest BCUT2D eigenvalue weighted by molar-refractivity contribution is 5.59. The summed E-state index contributed by atoms with van der Waals surface area (Å²) < 4.78 is 7.50. The van der Waals surface area contributed by atoms with Gasteiger partial charge in [0.2, 0.25) is 0 Å². The topological polar surface area (TPSA) is 121 Å². The van der Waals surface area contributed by atoms with Crippen LogP contribution in [0.4, 0.5) is 0 Å². The summed E-state index contributed by atoms with van der Waals surface area (Å²) in [7, 11) is 0. The van der Waals surface area contributed by atoms with Crippen molar-refractivity contribution in [3.63, 3.8) is 0 Å². The Bertz CT molecular complexity index is 931. The number of hydrogen-bond acceptors (Lipinski definition) is 7. The van der Waals surface area contributed by atoms with Crippen molar-refractivity contribution >= 4 is 0 Å². The molecule has 0 aliphatic carbocycles. The van der Waals surface area contributed by atoms with Gasteiger partial charge in [-0.25, -0.2) is 0 Å². The predicted molar refractivity (Wildman–Crippen MR) is 96.6 cm³/mol. The van der Waals surface area contributed by atoms with Gasteiger partial charge >= 0.3 is 5.97 Å². The van der Waals surface area contributed by atoms with Crippen molar-refractivity contribution in [1.29, 1.82) is 0 Å². The minimum absolute atomic E-state index is 0.0268. The van der Waals surface area contributed by atoms with Crippen LogP contribution < -0.4 is 4.74 Å². The first kappa shape index (κ1) is 18.8. The van der Waals surface area contributed by atoms with Crippen LogP contribution in [0.3, 0.4) is 0 Å². The summed E-state index contributed by atoms with van der Waals surface area (Å²) in [5, 5.41) is 42.6. The fourth-order valence-electron chi connectivity index (χ4n) is 2.83. The zero-order valence-electron chi connectivity index (χ0n) is 14.9. The minimum Gasteiger partial charge on any atom is -0.507 e. The van der Waals surface area contributed by atoms with Crippen LogP contribution in [0.25, 0.3) is 11.4 Å². The number of aliphatic hydroxyl groups is 3. The molecule has 0 atom stereocenters. The summed E-state index contributed by atoms with van der Waals surface area (Å²) >= 11 is 0. The lowest BCUT2D eigenvalue weighted by Crippen LogP contribution is -2.25. The molecule has 142 valence electrons. The molecule has 0 spiro atoms. The third-order valence-electron chi connectivity index (χ3n) is 4.02. The highest BCUT2D eigenvalue weighted by Gasteiger charge is 2.30. The minimum atomic E-state index is -3.23. The van der Waals surface area contributed by atoms with E-state index in [1.54, 1.807) is 18.5 Å². The molecule has 2 heterocycles. The predicted octanol–water partition coefficient (Wildman–Crippen LogP) is 1.90. The Labute approximate surface area is 155 Å². The normalized spacial score (nSPS) is 11.8. The van der Waals surface area contributed by atoms with Crippen LogP contribution >= 0.6 is 0 Å². The lowest BCUT2D eigenvalue weighted by Gasteiger charge is -2.20. The van der Waals surface area contributed by atoms with Crippen LogP contribution in [0.2, 0.25) is 0 Å². The van der Waals surface area contributed by atoms with Crippen molar-refractivity contribution in [2.45, 2.75) is 32.5 Å². The maximum Gasteiger partial charge on any atom is 0.311 e. The standard InChI is InChI=1S/C19H21N3O5/c1-12(2)22-14(8-10-21-22)18-13(5-4-9-20-18)11-27-16-7-3-6-15(23)17(16)19(24,25)26/h3-10,12,23-26H,11H2,1-2H3. The molecular formula is C19H21N3O5. The van der Waals surface area contributed by atoms with Gasteiger partial charge < -0.3 is 25.2 Å². The number of phenols is 1. The van der Waals surface area contributed by atoms with Crippen molar-refractivity contribution in [1.82, 2.24) is 14.8 Å². The van der Waals surface area contributed by atoms with E-state index >= 15 is 0 Å². The van der Waals surface area contributed by atoms with Crippen LogP contribution in [0.1, 0.15) is 31.0 Å². The average Bonchev–Trinajstić information content (AvgIpc) is 3.09. The Balaban J connectivity index is 1.94. The van der Waals surface area contributed by atoms with E-state index < -0.39 is 17.3 Å². The van der Waals surface area contributed by atoms with E-state index in [9.17, 15) is 20.4 Å². The fraction of sp³-hybridized carbons (Fsp3) is 0.263. The van der Waals surface area contributed by atoms with E-state index in [-0.39, 0.29) is 18.4 Å². The molecule has 0 bridgehead atoms. The molecule has 0 unspecified atom stereocenters. The molecule has 4 N–H and O–H groups in total. The summed E-state index contributed by atoms with van der Waals surface area (Å²) in [6, 6.07) is 9.69. The molecule has 0 aliphatic heterocycles. The van der Waals surface area contributed by atoms with Gasteiger partial charge in [-0.3, -0.25) is 9.67 Å². The molecule has 8 heteroatoms. The van der Waals surface area contributed by atoms with E-state index in [2.05, 4.69) is 10.1 Å². The lowest BCUT2D eigenvalue weighted by molar-refractivity contribution is -0.324. The Morgan fingerprint density at radius 3 is 2.56 bits per heavy atom. The molecule has 27 heavy (non-hydrogen) atoms. The van der Waals surface area contributed by atoms with E-state index in [4.69, 9.17) is 4.74 Å².